The molecule has 1 nitrogen and oxygen atoms in total. The third kappa shape index (κ3) is 1.99. The van der Waals surface area contributed by atoms with E-state index in [0.29, 0.717) is 5.37 Å². The predicted octanol–water partition coefficient (Wildman–Crippen LogP) is 3.72. The van der Waals surface area contributed by atoms with Crippen molar-refractivity contribution in [1.29, 1.82) is 0 Å². The summed E-state index contributed by atoms with van der Waals surface area (Å²) in [6.45, 7) is 2.24. The molecular weight excluding hydrogens is 178 g/mol. The lowest BCUT2D eigenvalue weighted by Gasteiger charge is -2.08. The maximum absolute atomic E-state index is 3.53. The summed E-state index contributed by atoms with van der Waals surface area (Å²) in [5.74, 6) is 0. The summed E-state index contributed by atoms with van der Waals surface area (Å²) < 4.78 is 0. The number of hydrogen-bond acceptors (Lipinski definition) is 2. The van der Waals surface area contributed by atoms with E-state index in [2.05, 4.69) is 36.5 Å². The molecule has 1 aromatic carbocycles. The van der Waals surface area contributed by atoms with E-state index in [1.807, 2.05) is 11.8 Å². The number of nitrogens with one attached hydrogen (secondary N) is 1. The zero-order valence-electron chi connectivity index (χ0n) is 7.92. The van der Waals surface area contributed by atoms with Crippen molar-refractivity contribution in [1.82, 2.24) is 0 Å². The average molecular weight is 193 g/mol. The molecule has 1 aliphatic heterocycles. The Morgan fingerprint density at radius 2 is 2.23 bits per heavy atom. The predicted molar refractivity (Wildman–Crippen MR) is 59.2 cm³/mol. The van der Waals surface area contributed by atoms with Crippen LogP contribution in [-0.2, 0) is 0 Å². The Bertz CT molecular complexity index is 260. The molecule has 0 fully saturated rings. The number of fused-ring (bicyclic) bond motifs is 1. The van der Waals surface area contributed by atoms with Gasteiger partial charge in [-0.2, -0.15) is 0 Å². The van der Waals surface area contributed by atoms with Gasteiger partial charge in [0.2, 0.25) is 0 Å². The van der Waals surface area contributed by atoms with Crippen molar-refractivity contribution in [2.75, 3.05) is 5.32 Å². The van der Waals surface area contributed by atoms with Crippen molar-refractivity contribution in [2.24, 2.45) is 0 Å². The Morgan fingerprint density at radius 3 is 3.00 bits per heavy atom. The van der Waals surface area contributed by atoms with Crippen LogP contribution in [-0.4, -0.2) is 5.37 Å². The molecule has 70 valence electrons. The minimum Gasteiger partial charge on any atom is -0.372 e. The van der Waals surface area contributed by atoms with Crippen molar-refractivity contribution >= 4 is 17.4 Å². The highest BCUT2D eigenvalue weighted by molar-refractivity contribution is 8.00. The Kier molecular flexibility index (Phi) is 2.79. The largest absolute Gasteiger partial charge is 0.372 e. The second-order valence-corrected chi connectivity index (χ2v) is 4.63. The number of hydrogen-bond donors (Lipinski definition) is 1. The minimum atomic E-state index is 0.609. The molecule has 1 atom stereocenters. The monoisotopic (exact) mass is 193 g/mol. The number of rotatable bonds is 3. The van der Waals surface area contributed by atoms with Crippen LogP contribution < -0.4 is 5.32 Å². The van der Waals surface area contributed by atoms with Gasteiger partial charge >= 0.3 is 0 Å². The topological polar surface area (TPSA) is 12.0 Å². The third-order valence-corrected chi connectivity index (χ3v) is 3.54. The first-order chi connectivity index (χ1) is 6.40. The maximum atomic E-state index is 3.53. The molecule has 0 bridgehead atoms. The molecule has 2 rings (SSSR count). The molecule has 1 N–H and O–H groups in total. The van der Waals surface area contributed by atoms with Gasteiger partial charge in [0.1, 0.15) is 0 Å². The van der Waals surface area contributed by atoms with Crippen molar-refractivity contribution in [3.63, 3.8) is 0 Å². The molecule has 0 aliphatic carbocycles. The van der Waals surface area contributed by atoms with Crippen LogP contribution in [0.5, 0.6) is 0 Å². The molecule has 1 aliphatic rings. The molecule has 0 radical (unpaired) electrons. The number of unbranched alkanes of at least 4 members (excludes halogenated alkanes) is 1. The second-order valence-electron chi connectivity index (χ2n) is 3.39. The number of anilines is 1. The van der Waals surface area contributed by atoms with E-state index in [-0.39, 0.29) is 0 Å². The van der Waals surface area contributed by atoms with E-state index in [0.717, 1.165) is 0 Å². The lowest BCUT2D eigenvalue weighted by atomic mass is 10.2. The van der Waals surface area contributed by atoms with Gasteiger partial charge in [-0.25, -0.2) is 0 Å². The lowest BCUT2D eigenvalue weighted by Crippen LogP contribution is -2.08. The Morgan fingerprint density at radius 1 is 1.38 bits per heavy atom. The number of thioether (sulfide) groups is 1. The van der Waals surface area contributed by atoms with Crippen LogP contribution in [0.25, 0.3) is 0 Å². The smallest absolute Gasteiger partial charge is 0.0770 e. The molecule has 0 saturated heterocycles. The fourth-order valence-electron chi connectivity index (χ4n) is 1.57. The van der Waals surface area contributed by atoms with E-state index in [1.54, 1.807) is 0 Å². The van der Waals surface area contributed by atoms with Crippen LogP contribution in [0.15, 0.2) is 29.2 Å². The van der Waals surface area contributed by atoms with Gasteiger partial charge in [-0.3, -0.25) is 0 Å². The summed E-state index contributed by atoms with van der Waals surface area (Å²) in [4.78, 5) is 1.41. The van der Waals surface area contributed by atoms with Gasteiger partial charge in [0.05, 0.1) is 5.37 Å². The third-order valence-electron chi connectivity index (χ3n) is 2.29. The van der Waals surface area contributed by atoms with Gasteiger partial charge in [0.25, 0.3) is 0 Å². The van der Waals surface area contributed by atoms with Gasteiger partial charge in [-0.15, -0.1) is 0 Å². The summed E-state index contributed by atoms with van der Waals surface area (Å²) in [5, 5.41) is 4.14. The quantitative estimate of drug-likeness (QED) is 0.785. The van der Waals surface area contributed by atoms with E-state index in [1.165, 1.54) is 29.8 Å². The van der Waals surface area contributed by atoms with Crippen LogP contribution in [0.4, 0.5) is 5.69 Å². The first kappa shape index (κ1) is 8.95. The van der Waals surface area contributed by atoms with Gasteiger partial charge in [-0.1, -0.05) is 43.7 Å². The molecule has 0 spiro atoms. The minimum absolute atomic E-state index is 0.609. The molecule has 0 saturated carbocycles. The van der Waals surface area contributed by atoms with Crippen molar-refractivity contribution < 1.29 is 0 Å². The van der Waals surface area contributed by atoms with Crippen molar-refractivity contribution in [3.05, 3.63) is 24.3 Å². The summed E-state index contributed by atoms with van der Waals surface area (Å²) >= 11 is 1.96. The normalized spacial score (nSPS) is 19.6. The SMILES string of the molecule is CCCCC1Nc2ccccc2S1. The van der Waals surface area contributed by atoms with Gasteiger partial charge in [0, 0.05) is 10.6 Å². The average Bonchev–Trinajstić information content (AvgIpc) is 2.57. The zero-order valence-corrected chi connectivity index (χ0v) is 8.73. The van der Waals surface area contributed by atoms with Crippen LogP contribution in [0.1, 0.15) is 26.2 Å². The molecule has 2 heteroatoms. The standard InChI is InChI=1S/C11H15NS/c1-2-3-8-11-12-9-6-4-5-7-10(9)13-11/h4-7,11-12H,2-3,8H2,1H3. The van der Waals surface area contributed by atoms with Gasteiger partial charge in [0.15, 0.2) is 0 Å². The highest BCUT2D eigenvalue weighted by atomic mass is 32.2. The van der Waals surface area contributed by atoms with Gasteiger partial charge < -0.3 is 5.32 Å². The Balaban J connectivity index is 1.97. The van der Waals surface area contributed by atoms with E-state index in [4.69, 9.17) is 0 Å². The summed E-state index contributed by atoms with van der Waals surface area (Å²) in [7, 11) is 0. The van der Waals surface area contributed by atoms with E-state index in [9.17, 15) is 0 Å². The van der Waals surface area contributed by atoms with Crippen molar-refractivity contribution in [2.45, 2.75) is 36.5 Å². The van der Waals surface area contributed by atoms with Crippen LogP contribution in [0.3, 0.4) is 0 Å². The molecular formula is C11H15NS. The Hall–Kier alpha value is -0.630. The molecule has 1 heterocycles. The van der Waals surface area contributed by atoms with Crippen molar-refractivity contribution in [3.8, 4) is 0 Å². The zero-order chi connectivity index (χ0) is 9.10. The molecule has 0 aromatic heterocycles. The van der Waals surface area contributed by atoms with Crippen LogP contribution in [0.2, 0.25) is 0 Å². The summed E-state index contributed by atoms with van der Waals surface area (Å²) in [6.07, 6.45) is 3.88. The molecule has 13 heavy (non-hydrogen) atoms. The first-order valence-corrected chi connectivity index (χ1v) is 5.80. The van der Waals surface area contributed by atoms with E-state index >= 15 is 0 Å². The molecule has 0 amide bonds. The van der Waals surface area contributed by atoms with E-state index < -0.39 is 0 Å². The number of para-hydroxylation sites is 1. The number of benzene rings is 1. The molecule has 1 aromatic rings. The lowest BCUT2D eigenvalue weighted by molar-refractivity contribution is 0.723. The van der Waals surface area contributed by atoms with Crippen LogP contribution in [0, 0.1) is 0 Å². The second kappa shape index (κ2) is 4.05. The van der Waals surface area contributed by atoms with Crippen LogP contribution >= 0.6 is 11.8 Å². The fourth-order valence-corrected chi connectivity index (χ4v) is 2.75. The van der Waals surface area contributed by atoms with Gasteiger partial charge in [-0.05, 0) is 18.6 Å². The first-order valence-electron chi connectivity index (χ1n) is 4.92. The Labute approximate surface area is 83.9 Å². The summed E-state index contributed by atoms with van der Waals surface area (Å²) in [5.41, 5.74) is 1.31. The highest BCUT2D eigenvalue weighted by Gasteiger charge is 2.19. The summed E-state index contributed by atoms with van der Waals surface area (Å²) in [6, 6.07) is 8.55. The highest BCUT2D eigenvalue weighted by Crippen LogP contribution is 2.39. The maximum Gasteiger partial charge on any atom is 0.0770 e. The molecule has 1 unspecified atom stereocenters. The fraction of sp³-hybridized carbons (Fsp3) is 0.455.